The molecule has 2 fully saturated rings. The van der Waals surface area contributed by atoms with Crippen LogP contribution in [0.2, 0.25) is 0 Å². The van der Waals surface area contributed by atoms with Crippen LogP contribution < -0.4 is 0 Å². The number of esters is 1. The number of likely N-dealkylation sites (tertiary alicyclic amines) is 2. The molecule has 2 heterocycles. The molecule has 0 unspecified atom stereocenters. The number of amides is 2. The molecule has 2 aliphatic rings. The molecule has 1 aromatic carbocycles. The molecule has 6 heteroatoms. The van der Waals surface area contributed by atoms with Crippen molar-refractivity contribution in [3.8, 4) is 0 Å². The summed E-state index contributed by atoms with van der Waals surface area (Å²) in [5, 5.41) is 0. The fourth-order valence-electron chi connectivity index (χ4n) is 4.59. The number of aryl methyl sites for hydroxylation is 1. The summed E-state index contributed by atoms with van der Waals surface area (Å²) in [6.45, 7) is 7.97. The molecule has 2 aliphatic heterocycles. The van der Waals surface area contributed by atoms with Gasteiger partial charge in [-0.2, -0.15) is 0 Å². The van der Waals surface area contributed by atoms with E-state index in [1.54, 1.807) is 18.7 Å². The number of piperidine rings is 2. The van der Waals surface area contributed by atoms with Gasteiger partial charge in [-0.15, -0.1) is 0 Å². The van der Waals surface area contributed by atoms with Crippen molar-refractivity contribution in [1.29, 1.82) is 0 Å². The first-order valence-electron chi connectivity index (χ1n) is 10.7. The Morgan fingerprint density at radius 1 is 1.10 bits per heavy atom. The third kappa shape index (κ3) is 5.17. The summed E-state index contributed by atoms with van der Waals surface area (Å²) >= 11 is 0. The number of carbonyl (C=O) groups excluding carboxylic acids is 3. The number of hydrogen-bond donors (Lipinski definition) is 0. The molecule has 3 rings (SSSR count). The molecule has 3 atom stereocenters. The molecule has 0 saturated carbocycles. The van der Waals surface area contributed by atoms with E-state index >= 15 is 0 Å². The van der Waals surface area contributed by atoms with Gasteiger partial charge in [-0.25, -0.2) is 0 Å². The Labute approximate surface area is 173 Å². The predicted molar refractivity (Wildman–Crippen MR) is 110 cm³/mol. The number of hydrogen-bond acceptors (Lipinski definition) is 4. The second kappa shape index (κ2) is 9.42. The average Bonchev–Trinajstić information content (AvgIpc) is 2.73. The van der Waals surface area contributed by atoms with E-state index in [4.69, 9.17) is 4.74 Å². The van der Waals surface area contributed by atoms with Gasteiger partial charge >= 0.3 is 5.97 Å². The summed E-state index contributed by atoms with van der Waals surface area (Å²) in [4.78, 5) is 41.2. The minimum absolute atomic E-state index is 0.00296. The predicted octanol–water partition coefficient (Wildman–Crippen LogP) is 2.75. The van der Waals surface area contributed by atoms with Gasteiger partial charge in [0.2, 0.25) is 11.8 Å². The minimum atomic E-state index is -0.243. The van der Waals surface area contributed by atoms with Crippen LogP contribution in [-0.2, 0) is 19.1 Å². The van der Waals surface area contributed by atoms with Crippen molar-refractivity contribution < 1.29 is 19.1 Å². The molecule has 6 nitrogen and oxygen atoms in total. The van der Waals surface area contributed by atoms with Gasteiger partial charge in [0.05, 0.1) is 18.4 Å². The normalized spacial score (nSPS) is 24.9. The molecule has 0 aliphatic carbocycles. The second-order valence-corrected chi connectivity index (χ2v) is 8.34. The highest BCUT2D eigenvalue weighted by Gasteiger charge is 2.38. The van der Waals surface area contributed by atoms with Gasteiger partial charge in [-0.3, -0.25) is 14.4 Å². The molecule has 0 bridgehead atoms. The fourth-order valence-corrected chi connectivity index (χ4v) is 4.59. The SMILES string of the molecule is CCOC(=O)[C@@H]1CCCN(C(=O)[C@@H]2C[C@@H](c3cccc(C)c3)CN(C(C)=O)C2)C1. The summed E-state index contributed by atoms with van der Waals surface area (Å²) in [6, 6.07) is 8.32. The van der Waals surface area contributed by atoms with Crippen LogP contribution in [0.15, 0.2) is 24.3 Å². The van der Waals surface area contributed by atoms with Crippen molar-refractivity contribution in [3.63, 3.8) is 0 Å². The summed E-state index contributed by atoms with van der Waals surface area (Å²) in [7, 11) is 0. The molecule has 1 aromatic rings. The van der Waals surface area contributed by atoms with Crippen molar-refractivity contribution in [2.24, 2.45) is 11.8 Å². The third-order valence-electron chi connectivity index (χ3n) is 6.11. The summed E-state index contributed by atoms with van der Waals surface area (Å²) in [6.07, 6.45) is 2.30. The Bertz CT molecular complexity index is 763. The van der Waals surface area contributed by atoms with Gasteiger partial charge < -0.3 is 14.5 Å². The van der Waals surface area contributed by atoms with Crippen LogP contribution in [-0.4, -0.2) is 60.4 Å². The maximum absolute atomic E-state index is 13.3. The first-order chi connectivity index (χ1) is 13.9. The molecule has 158 valence electrons. The number of rotatable bonds is 4. The maximum Gasteiger partial charge on any atom is 0.310 e. The molecule has 0 spiro atoms. The highest BCUT2D eigenvalue weighted by atomic mass is 16.5. The van der Waals surface area contributed by atoms with Crippen LogP contribution in [0.3, 0.4) is 0 Å². The molecule has 2 amide bonds. The lowest BCUT2D eigenvalue weighted by Gasteiger charge is -2.40. The molecular formula is C23H32N2O4. The Kier molecular flexibility index (Phi) is 6.93. The highest BCUT2D eigenvalue weighted by Crippen LogP contribution is 2.32. The number of nitrogens with zero attached hydrogens (tertiary/aromatic N) is 2. The Morgan fingerprint density at radius 3 is 2.55 bits per heavy atom. The molecular weight excluding hydrogens is 368 g/mol. The molecule has 0 aromatic heterocycles. The Hall–Kier alpha value is -2.37. The summed E-state index contributed by atoms with van der Waals surface area (Å²) in [5.74, 6) is -0.485. The van der Waals surface area contributed by atoms with Gasteiger partial charge in [0.25, 0.3) is 0 Å². The van der Waals surface area contributed by atoms with Crippen LogP contribution in [0.1, 0.15) is 50.2 Å². The van der Waals surface area contributed by atoms with Gasteiger partial charge in [0.1, 0.15) is 0 Å². The maximum atomic E-state index is 13.3. The highest BCUT2D eigenvalue weighted by molar-refractivity contribution is 5.82. The zero-order chi connectivity index (χ0) is 21.0. The summed E-state index contributed by atoms with van der Waals surface area (Å²) < 4.78 is 5.16. The standard InChI is InChI=1S/C23H32N2O4/c1-4-29-23(28)19-9-6-10-24(13-19)22(27)21-12-20(14-25(15-21)17(3)26)18-8-5-7-16(2)11-18/h5,7-8,11,19-21H,4,6,9-10,12-15H2,1-3H3/t19-,20-,21-/m1/s1. The molecule has 29 heavy (non-hydrogen) atoms. The minimum Gasteiger partial charge on any atom is -0.466 e. The zero-order valence-corrected chi connectivity index (χ0v) is 17.7. The topological polar surface area (TPSA) is 66.9 Å². The van der Waals surface area contributed by atoms with Crippen LogP contribution >= 0.6 is 0 Å². The lowest BCUT2D eigenvalue weighted by Crippen LogP contribution is -2.51. The largest absolute Gasteiger partial charge is 0.466 e. The third-order valence-corrected chi connectivity index (χ3v) is 6.11. The fraction of sp³-hybridized carbons (Fsp3) is 0.609. The van der Waals surface area contributed by atoms with E-state index in [2.05, 4.69) is 25.1 Å². The van der Waals surface area contributed by atoms with Crippen molar-refractivity contribution >= 4 is 17.8 Å². The van der Waals surface area contributed by atoms with Crippen LogP contribution in [0, 0.1) is 18.8 Å². The van der Waals surface area contributed by atoms with Gasteiger partial charge in [0, 0.05) is 39.0 Å². The first kappa shape index (κ1) is 21.3. The van der Waals surface area contributed by atoms with Crippen LogP contribution in [0.5, 0.6) is 0 Å². The van der Waals surface area contributed by atoms with E-state index in [-0.39, 0.29) is 35.5 Å². The van der Waals surface area contributed by atoms with Crippen molar-refractivity contribution in [1.82, 2.24) is 9.80 Å². The van der Waals surface area contributed by atoms with E-state index in [1.807, 2.05) is 11.0 Å². The smallest absolute Gasteiger partial charge is 0.310 e. The average molecular weight is 401 g/mol. The molecule has 2 saturated heterocycles. The van der Waals surface area contributed by atoms with E-state index in [0.717, 1.165) is 19.3 Å². The number of benzene rings is 1. The Balaban J connectivity index is 1.74. The molecule has 0 radical (unpaired) electrons. The lowest BCUT2D eigenvalue weighted by molar-refractivity contribution is -0.152. The monoisotopic (exact) mass is 400 g/mol. The van der Waals surface area contributed by atoms with Gasteiger partial charge in [0.15, 0.2) is 0 Å². The van der Waals surface area contributed by atoms with E-state index < -0.39 is 0 Å². The van der Waals surface area contributed by atoms with E-state index in [0.29, 0.717) is 32.8 Å². The van der Waals surface area contributed by atoms with Crippen molar-refractivity contribution in [2.45, 2.75) is 46.0 Å². The first-order valence-corrected chi connectivity index (χ1v) is 10.7. The Morgan fingerprint density at radius 2 is 1.86 bits per heavy atom. The van der Waals surface area contributed by atoms with Gasteiger partial charge in [-0.05, 0) is 38.7 Å². The second-order valence-electron chi connectivity index (χ2n) is 8.34. The summed E-state index contributed by atoms with van der Waals surface area (Å²) in [5.41, 5.74) is 2.36. The van der Waals surface area contributed by atoms with E-state index in [9.17, 15) is 14.4 Å². The quantitative estimate of drug-likeness (QED) is 0.729. The number of ether oxygens (including phenoxy) is 1. The van der Waals surface area contributed by atoms with Crippen molar-refractivity contribution in [2.75, 3.05) is 32.8 Å². The van der Waals surface area contributed by atoms with Crippen molar-refractivity contribution in [3.05, 3.63) is 35.4 Å². The lowest BCUT2D eigenvalue weighted by atomic mass is 9.83. The van der Waals surface area contributed by atoms with Gasteiger partial charge in [-0.1, -0.05) is 29.8 Å². The van der Waals surface area contributed by atoms with Crippen LogP contribution in [0.25, 0.3) is 0 Å². The molecule has 0 N–H and O–H groups in total. The zero-order valence-electron chi connectivity index (χ0n) is 17.7. The number of carbonyl (C=O) groups is 3. The van der Waals surface area contributed by atoms with Crippen LogP contribution in [0.4, 0.5) is 0 Å². The van der Waals surface area contributed by atoms with E-state index in [1.165, 1.54) is 11.1 Å².